The first-order valence-corrected chi connectivity index (χ1v) is 11.7. The first kappa shape index (κ1) is 19.8. The van der Waals surface area contributed by atoms with E-state index in [1.165, 1.54) is 62.7 Å². The molecule has 5 rings (SSSR count). The van der Waals surface area contributed by atoms with E-state index in [0.717, 1.165) is 34.8 Å². The Morgan fingerprint density at radius 1 is 0.933 bits per heavy atom. The van der Waals surface area contributed by atoms with Gasteiger partial charge in [-0.3, -0.25) is 4.79 Å². The maximum atomic E-state index is 11.6. The van der Waals surface area contributed by atoms with Gasteiger partial charge in [-0.05, 0) is 98.7 Å². The first-order chi connectivity index (χ1) is 14.6. The van der Waals surface area contributed by atoms with E-state index in [4.69, 9.17) is 4.74 Å². The number of piperidine rings is 1. The summed E-state index contributed by atoms with van der Waals surface area (Å²) in [6.45, 7) is 4.06. The summed E-state index contributed by atoms with van der Waals surface area (Å²) in [6, 6.07) is 15.4. The van der Waals surface area contributed by atoms with Gasteiger partial charge in [0.2, 0.25) is 0 Å². The minimum atomic E-state index is 0.110. The molecule has 0 aromatic heterocycles. The van der Waals surface area contributed by atoms with Crippen LogP contribution in [0.4, 0.5) is 0 Å². The normalized spacial score (nSPS) is 26.8. The van der Waals surface area contributed by atoms with Gasteiger partial charge in [0.1, 0.15) is 5.75 Å². The standard InChI is InChI=1S/C27H33NO2/c1-18(29)20-5-7-21(8-6-20)23-9-10-27(30-2)25(17-23)22-11-13-28(14-12-22)26-16-19-3-4-24(26)15-19/h5-10,17,19,22,24,26H,3-4,11-16H2,1-2H3/t19-,24-,26-/m0/s1. The van der Waals surface area contributed by atoms with Gasteiger partial charge in [0.05, 0.1) is 7.11 Å². The number of fused-ring (bicyclic) bond motifs is 2. The fraction of sp³-hybridized carbons (Fsp3) is 0.519. The van der Waals surface area contributed by atoms with E-state index < -0.39 is 0 Å². The van der Waals surface area contributed by atoms with E-state index in [1.54, 1.807) is 14.0 Å². The number of likely N-dealkylation sites (tertiary alicyclic amines) is 1. The summed E-state index contributed by atoms with van der Waals surface area (Å²) in [5.41, 5.74) is 4.47. The predicted octanol–water partition coefficient (Wildman–Crippen LogP) is 5.93. The van der Waals surface area contributed by atoms with Crippen LogP contribution in [0.2, 0.25) is 0 Å². The maximum Gasteiger partial charge on any atom is 0.159 e. The Bertz CT molecular complexity index is 911. The van der Waals surface area contributed by atoms with Crippen LogP contribution in [0.3, 0.4) is 0 Å². The summed E-state index contributed by atoms with van der Waals surface area (Å²) in [6.07, 6.45) is 8.32. The fourth-order valence-corrected chi connectivity index (χ4v) is 6.33. The van der Waals surface area contributed by atoms with Crippen LogP contribution < -0.4 is 4.74 Å². The number of carbonyl (C=O) groups is 1. The molecule has 2 aromatic rings. The van der Waals surface area contributed by atoms with E-state index in [-0.39, 0.29) is 5.78 Å². The van der Waals surface area contributed by atoms with Crippen molar-refractivity contribution in [1.82, 2.24) is 4.90 Å². The highest BCUT2D eigenvalue weighted by molar-refractivity contribution is 5.94. The zero-order valence-electron chi connectivity index (χ0n) is 18.3. The van der Waals surface area contributed by atoms with Crippen molar-refractivity contribution in [3.8, 4) is 16.9 Å². The Morgan fingerprint density at radius 3 is 2.27 bits per heavy atom. The zero-order chi connectivity index (χ0) is 20.7. The summed E-state index contributed by atoms with van der Waals surface area (Å²) in [4.78, 5) is 14.4. The number of benzene rings is 2. The average Bonchev–Trinajstić information content (AvgIpc) is 3.43. The second kappa shape index (κ2) is 8.19. The smallest absolute Gasteiger partial charge is 0.159 e. The van der Waals surface area contributed by atoms with E-state index in [1.807, 2.05) is 12.1 Å². The van der Waals surface area contributed by atoms with E-state index in [0.29, 0.717) is 5.92 Å². The van der Waals surface area contributed by atoms with Crippen molar-refractivity contribution in [2.24, 2.45) is 11.8 Å². The van der Waals surface area contributed by atoms with Crippen LogP contribution in [0.25, 0.3) is 11.1 Å². The van der Waals surface area contributed by atoms with Crippen molar-refractivity contribution in [3.05, 3.63) is 53.6 Å². The molecule has 1 saturated heterocycles. The van der Waals surface area contributed by atoms with E-state index in [2.05, 4.69) is 35.2 Å². The first-order valence-electron chi connectivity index (χ1n) is 11.7. The molecule has 30 heavy (non-hydrogen) atoms. The van der Waals surface area contributed by atoms with Crippen molar-refractivity contribution >= 4 is 5.78 Å². The van der Waals surface area contributed by atoms with Gasteiger partial charge in [-0.1, -0.05) is 36.8 Å². The van der Waals surface area contributed by atoms with Gasteiger partial charge in [-0.25, -0.2) is 0 Å². The maximum absolute atomic E-state index is 11.6. The molecule has 3 nitrogen and oxygen atoms in total. The van der Waals surface area contributed by atoms with Gasteiger partial charge in [0.15, 0.2) is 5.78 Å². The number of ketones is 1. The monoisotopic (exact) mass is 403 g/mol. The Labute approximate surface area is 180 Å². The zero-order valence-corrected chi connectivity index (χ0v) is 18.3. The van der Waals surface area contributed by atoms with Gasteiger partial charge in [0, 0.05) is 11.6 Å². The number of hydrogen-bond donors (Lipinski definition) is 0. The molecule has 3 fully saturated rings. The lowest BCUT2D eigenvalue weighted by atomic mass is 9.85. The van der Waals surface area contributed by atoms with Crippen molar-refractivity contribution in [2.45, 2.75) is 57.4 Å². The minimum Gasteiger partial charge on any atom is -0.496 e. The van der Waals surface area contributed by atoms with Crippen LogP contribution in [-0.2, 0) is 0 Å². The molecule has 2 aromatic carbocycles. The molecule has 0 unspecified atom stereocenters. The SMILES string of the molecule is COc1ccc(-c2ccc(C(C)=O)cc2)cc1C1CCN([C@H]2C[C@H]3CC[C@H]2C3)CC1. The number of nitrogens with zero attached hydrogens (tertiary/aromatic N) is 1. The number of methoxy groups -OCH3 is 1. The molecule has 1 heterocycles. The number of ether oxygens (including phenoxy) is 1. The largest absolute Gasteiger partial charge is 0.496 e. The van der Waals surface area contributed by atoms with Crippen LogP contribution in [0.15, 0.2) is 42.5 Å². The van der Waals surface area contributed by atoms with Gasteiger partial charge in [0.25, 0.3) is 0 Å². The molecule has 3 aliphatic rings. The highest BCUT2D eigenvalue weighted by Crippen LogP contribution is 2.48. The summed E-state index contributed by atoms with van der Waals surface area (Å²) in [5.74, 6) is 3.68. The van der Waals surface area contributed by atoms with Crippen molar-refractivity contribution in [1.29, 1.82) is 0 Å². The lowest BCUT2D eigenvalue weighted by Crippen LogP contribution is -2.43. The molecule has 3 heteroatoms. The fourth-order valence-electron chi connectivity index (χ4n) is 6.33. The van der Waals surface area contributed by atoms with Crippen LogP contribution in [0.5, 0.6) is 5.75 Å². The summed E-state index contributed by atoms with van der Waals surface area (Å²) in [5, 5.41) is 0. The van der Waals surface area contributed by atoms with Crippen LogP contribution in [0.1, 0.15) is 67.3 Å². The van der Waals surface area contributed by atoms with Crippen LogP contribution in [-0.4, -0.2) is 36.9 Å². The Balaban J connectivity index is 1.32. The highest BCUT2D eigenvalue weighted by Gasteiger charge is 2.43. The number of rotatable bonds is 5. The highest BCUT2D eigenvalue weighted by atomic mass is 16.5. The second-order valence-corrected chi connectivity index (χ2v) is 9.64. The predicted molar refractivity (Wildman–Crippen MR) is 121 cm³/mol. The summed E-state index contributed by atoms with van der Waals surface area (Å²) >= 11 is 0. The van der Waals surface area contributed by atoms with Crippen molar-refractivity contribution < 1.29 is 9.53 Å². The number of Topliss-reactive ketones (excluding diaryl/α,β-unsaturated/α-hetero) is 1. The molecule has 0 spiro atoms. The molecule has 3 atom stereocenters. The van der Waals surface area contributed by atoms with Crippen molar-refractivity contribution in [2.75, 3.05) is 20.2 Å². The summed E-state index contributed by atoms with van der Waals surface area (Å²) < 4.78 is 5.75. The Morgan fingerprint density at radius 2 is 1.67 bits per heavy atom. The molecule has 0 N–H and O–H groups in total. The molecule has 0 amide bonds. The molecule has 2 saturated carbocycles. The van der Waals surface area contributed by atoms with Crippen LogP contribution in [0, 0.1) is 11.8 Å². The minimum absolute atomic E-state index is 0.110. The van der Waals surface area contributed by atoms with Gasteiger partial charge >= 0.3 is 0 Å². The van der Waals surface area contributed by atoms with Crippen molar-refractivity contribution in [3.63, 3.8) is 0 Å². The average molecular weight is 404 g/mol. The molecule has 1 aliphatic heterocycles. The third-order valence-electron chi connectivity index (χ3n) is 7.99. The number of carbonyl (C=O) groups excluding carboxylic acids is 1. The third kappa shape index (κ3) is 3.69. The molecular weight excluding hydrogens is 370 g/mol. The molecular formula is C27H33NO2. The van der Waals surface area contributed by atoms with E-state index in [9.17, 15) is 4.79 Å². The second-order valence-electron chi connectivity index (χ2n) is 9.64. The summed E-state index contributed by atoms with van der Waals surface area (Å²) in [7, 11) is 1.78. The topological polar surface area (TPSA) is 29.5 Å². The quantitative estimate of drug-likeness (QED) is 0.579. The number of hydrogen-bond acceptors (Lipinski definition) is 3. The Hall–Kier alpha value is -2.13. The molecule has 0 radical (unpaired) electrons. The van der Waals surface area contributed by atoms with Gasteiger partial charge < -0.3 is 9.64 Å². The third-order valence-corrected chi connectivity index (χ3v) is 7.99. The van der Waals surface area contributed by atoms with Gasteiger partial charge in [-0.15, -0.1) is 0 Å². The Kier molecular flexibility index (Phi) is 5.41. The lowest BCUT2D eigenvalue weighted by Gasteiger charge is -2.40. The lowest BCUT2D eigenvalue weighted by molar-refractivity contribution is 0.101. The van der Waals surface area contributed by atoms with Gasteiger partial charge in [-0.2, -0.15) is 0 Å². The van der Waals surface area contributed by atoms with Crippen LogP contribution >= 0.6 is 0 Å². The molecule has 158 valence electrons. The molecule has 2 bridgehead atoms. The van der Waals surface area contributed by atoms with E-state index >= 15 is 0 Å². The molecule has 2 aliphatic carbocycles.